The number of amides is 1. The van der Waals surface area contributed by atoms with Crippen molar-refractivity contribution in [2.45, 2.75) is 51.6 Å². The molecule has 0 radical (unpaired) electrons. The minimum absolute atomic E-state index is 0.525. The molecule has 2 heteroatoms. The van der Waals surface area contributed by atoms with Gasteiger partial charge in [-0.3, -0.25) is 4.79 Å². The van der Waals surface area contributed by atoms with Gasteiger partial charge in [-0.2, -0.15) is 0 Å². The van der Waals surface area contributed by atoms with E-state index >= 15 is 0 Å². The van der Waals surface area contributed by atoms with Crippen LogP contribution in [-0.2, 0) is 4.79 Å². The van der Waals surface area contributed by atoms with E-state index < -0.39 is 0 Å². The number of carbonyl (C=O) groups excluding carboxylic acids is 1. The van der Waals surface area contributed by atoms with E-state index in [2.05, 4.69) is 13.8 Å². The summed E-state index contributed by atoms with van der Waals surface area (Å²) in [5.74, 6) is 0. The van der Waals surface area contributed by atoms with Crippen LogP contribution in [0.4, 0.5) is 0 Å². The lowest BCUT2D eigenvalue weighted by molar-refractivity contribution is -0.120. The van der Waals surface area contributed by atoms with Gasteiger partial charge in [-0.05, 0) is 25.7 Å². The van der Waals surface area contributed by atoms with Crippen LogP contribution in [-0.4, -0.2) is 23.4 Å². The van der Waals surface area contributed by atoms with E-state index in [0.717, 1.165) is 19.3 Å². The van der Waals surface area contributed by atoms with Gasteiger partial charge < -0.3 is 4.90 Å². The maximum Gasteiger partial charge on any atom is 0.210 e. The van der Waals surface area contributed by atoms with Crippen molar-refractivity contribution in [3.63, 3.8) is 0 Å². The number of nitrogens with zero attached hydrogens (tertiary/aromatic N) is 1. The van der Waals surface area contributed by atoms with Gasteiger partial charge in [-0.25, -0.2) is 0 Å². The van der Waals surface area contributed by atoms with E-state index in [9.17, 15) is 4.79 Å². The molecule has 1 fully saturated rings. The van der Waals surface area contributed by atoms with Crippen molar-refractivity contribution in [3.05, 3.63) is 0 Å². The van der Waals surface area contributed by atoms with E-state index in [-0.39, 0.29) is 0 Å². The minimum Gasteiger partial charge on any atom is -0.339 e. The highest BCUT2D eigenvalue weighted by atomic mass is 16.1. The van der Waals surface area contributed by atoms with Gasteiger partial charge >= 0.3 is 0 Å². The van der Waals surface area contributed by atoms with Gasteiger partial charge in [0.2, 0.25) is 6.41 Å². The highest BCUT2D eigenvalue weighted by Crippen LogP contribution is 2.25. The minimum atomic E-state index is 0.525. The van der Waals surface area contributed by atoms with Gasteiger partial charge in [0.25, 0.3) is 0 Å². The predicted molar refractivity (Wildman–Crippen MR) is 45.3 cm³/mol. The molecule has 1 heterocycles. The van der Waals surface area contributed by atoms with Gasteiger partial charge in [0.1, 0.15) is 0 Å². The van der Waals surface area contributed by atoms with Crippen molar-refractivity contribution in [3.8, 4) is 0 Å². The molecule has 0 unspecified atom stereocenters. The molecule has 0 aromatic heterocycles. The van der Waals surface area contributed by atoms with Crippen LogP contribution >= 0.6 is 0 Å². The van der Waals surface area contributed by atoms with E-state index in [1.54, 1.807) is 0 Å². The second-order valence-corrected chi connectivity index (χ2v) is 3.25. The van der Waals surface area contributed by atoms with Crippen molar-refractivity contribution in [2.75, 3.05) is 0 Å². The van der Waals surface area contributed by atoms with Gasteiger partial charge in [-0.15, -0.1) is 0 Å². The molecule has 0 saturated carbocycles. The van der Waals surface area contributed by atoms with E-state index in [1.807, 2.05) is 4.90 Å². The zero-order valence-corrected chi connectivity index (χ0v) is 7.42. The molecule has 0 bridgehead atoms. The van der Waals surface area contributed by atoms with E-state index in [0.29, 0.717) is 12.1 Å². The molecule has 2 atom stereocenters. The van der Waals surface area contributed by atoms with Crippen LogP contribution in [0.3, 0.4) is 0 Å². The maximum absolute atomic E-state index is 10.7. The molecule has 0 spiro atoms. The van der Waals surface area contributed by atoms with Crippen LogP contribution in [0.25, 0.3) is 0 Å². The van der Waals surface area contributed by atoms with Crippen molar-refractivity contribution in [2.24, 2.45) is 0 Å². The second-order valence-electron chi connectivity index (χ2n) is 3.25. The molecule has 1 aliphatic heterocycles. The summed E-state index contributed by atoms with van der Waals surface area (Å²) in [6.45, 7) is 4.30. The van der Waals surface area contributed by atoms with Gasteiger partial charge in [-0.1, -0.05) is 13.8 Å². The van der Waals surface area contributed by atoms with Crippen molar-refractivity contribution in [1.82, 2.24) is 4.90 Å². The van der Waals surface area contributed by atoms with Crippen molar-refractivity contribution >= 4 is 6.41 Å². The smallest absolute Gasteiger partial charge is 0.210 e. The molecule has 2 nitrogen and oxygen atoms in total. The summed E-state index contributed by atoms with van der Waals surface area (Å²) in [5.41, 5.74) is 0. The van der Waals surface area contributed by atoms with Gasteiger partial charge in [0.15, 0.2) is 0 Å². The zero-order chi connectivity index (χ0) is 8.27. The first kappa shape index (κ1) is 8.57. The first-order valence-electron chi connectivity index (χ1n) is 4.56. The lowest BCUT2D eigenvalue weighted by Crippen LogP contribution is -2.33. The molecule has 0 N–H and O–H groups in total. The largest absolute Gasteiger partial charge is 0.339 e. The molecular formula is C9H17NO. The Bertz CT molecular complexity index is 124. The molecule has 0 aliphatic carbocycles. The number of carbonyl (C=O) groups is 1. The molecule has 1 amide bonds. The monoisotopic (exact) mass is 155 g/mol. The third kappa shape index (κ3) is 1.55. The highest BCUT2D eigenvalue weighted by Gasteiger charge is 2.29. The highest BCUT2D eigenvalue weighted by molar-refractivity contribution is 5.49. The van der Waals surface area contributed by atoms with Crippen LogP contribution in [0.5, 0.6) is 0 Å². The lowest BCUT2D eigenvalue weighted by atomic mass is 10.1. The Morgan fingerprint density at radius 2 is 1.73 bits per heavy atom. The fourth-order valence-corrected chi connectivity index (χ4v) is 1.98. The second kappa shape index (κ2) is 3.74. The summed E-state index contributed by atoms with van der Waals surface area (Å²) in [5, 5.41) is 0. The quantitative estimate of drug-likeness (QED) is 0.569. The number of hydrogen-bond donors (Lipinski definition) is 0. The predicted octanol–water partition coefficient (Wildman–Crippen LogP) is 1.80. The third-order valence-electron chi connectivity index (χ3n) is 2.74. The Labute approximate surface area is 68.6 Å². The molecule has 1 rings (SSSR count). The molecule has 64 valence electrons. The Balaban J connectivity index is 2.54. The van der Waals surface area contributed by atoms with E-state index in [1.165, 1.54) is 12.8 Å². The van der Waals surface area contributed by atoms with Crippen LogP contribution in [0.2, 0.25) is 0 Å². The molecule has 1 aliphatic rings. The standard InChI is InChI=1S/C9H17NO/c1-3-8-5-6-9(4-2)10(8)7-11/h7-9H,3-6H2,1-2H3/t8-,9-/m0/s1. The average molecular weight is 155 g/mol. The normalized spacial score (nSPS) is 30.9. The Hall–Kier alpha value is -0.530. The van der Waals surface area contributed by atoms with Gasteiger partial charge in [0.05, 0.1) is 0 Å². The maximum atomic E-state index is 10.7. The number of hydrogen-bond acceptors (Lipinski definition) is 1. The molecular weight excluding hydrogens is 138 g/mol. The summed E-state index contributed by atoms with van der Waals surface area (Å²) >= 11 is 0. The topological polar surface area (TPSA) is 20.3 Å². The Morgan fingerprint density at radius 1 is 1.27 bits per heavy atom. The summed E-state index contributed by atoms with van der Waals surface area (Å²) in [4.78, 5) is 12.7. The van der Waals surface area contributed by atoms with Crippen molar-refractivity contribution in [1.29, 1.82) is 0 Å². The molecule has 11 heavy (non-hydrogen) atoms. The molecule has 1 saturated heterocycles. The van der Waals surface area contributed by atoms with Crippen LogP contribution in [0.15, 0.2) is 0 Å². The van der Waals surface area contributed by atoms with Crippen LogP contribution in [0.1, 0.15) is 39.5 Å². The zero-order valence-electron chi connectivity index (χ0n) is 7.42. The number of likely N-dealkylation sites (tertiary alicyclic amines) is 1. The average Bonchev–Trinajstić information content (AvgIpc) is 2.45. The SMILES string of the molecule is CC[C@H]1CC[C@H](CC)N1C=O. The Kier molecular flexibility index (Phi) is 2.92. The first-order valence-corrected chi connectivity index (χ1v) is 4.56. The molecule has 0 aromatic carbocycles. The van der Waals surface area contributed by atoms with Gasteiger partial charge in [0, 0.05) is 12.1 Å². The molecule has 0 aromatic rings. The summed E-state index contributed by atoms with van der Waals surface area (Å²) in [7, 11) is 0. The summed E-state index contributed by atoms with van der Waals surface area (Å²) < 4.78 is 0. The fourth-order valence-electron chi connectivity index (χ4n) is 1.98. The number of rotatable bonds is 3. The fraction of sp³-hybridized carbons (Fsp3) is 0.889. The Morgan fingerprint density at radius 3 is 2.00 bits per heavy atom. The third-order valence-corrected chi connectivity index (χ3v) is 2.74. The lowest BCUT2D eigenvalue weighted by Gasteiger charge is -2.24. The van der Waals surface area contributed by atoms with Crippen LogP contribution in [0, 0.1) is 0 Å². The summed E-state index contributed by atoms with van der Waals surface area (Å²) in [6.07, 6.45) is 5.64. The van der Waals surface area contributed by atoms with E-state index in [4.69, 9.17) is 0 Å². The summed E-state index contributed by atoms with van der Waals surface area (Å²) in [6, 6.07) is 1.05. The first-order chi connectivity index (χ1) is 5.33. The van der Waals surface area contributed by atoms with Crippen molar-refractivity contribution < 1.29 is 4.79 Å². The van der Waals surface area contributed by atoms with Crippen LogP contribution < -0.4 is 0 Å².